The van der Waals surface area contributed by atoms with Crippen LogP contribution < -0.4 is 29.9 Å². The van der Waals surface area contributed by atoms with Crippen LogP contribution in [0.2, 0.25) is 0 Å². The summed E-state index contributed by atoms with van der Waals surface area (Å²) in [7, 11) is 1.59. The molecule has 6 atom stereocenters. The lowest BCUT2D eigenvalue weighted by Crippen LogP contribution is -2.67. The van der Waals surface area contributed by atoms with Crippen LogP contribution in [0.15, 0.2) is 96.0 Å². The highest BCUT2D eigenvalue weighted by Gasteiger charge is 2.66. The Kier molecular flexibility index (Phi) is 15.1. The van der Waals surface area contributed by atoms with E-state index in [-0.39, 0.29) is 29.9 Å². The van der Waals surface area contributed by atoms with Gasteiger partial charge in [-0.05, 0) is 93.1 Å². The van der Waals surface area contributed by atoms with Crippen molar-refractivity contribution in [2.45, 2.75) is 83.3 Å². The number of hydroxylamine groups is 1. The number of amides is 3. The van der Waals surface area contributed by atoms with Gasteiger partial charge in [-0.3, -0.25) is 34.6 Å². The molecule has 6 unspecified atom stereocenters. The number of allylic oxidation sites excluding steroid dienone is 3. The van der Waals surface area contributed by atoms with E-state index in [1.165, 1.54) is 12.8 Å². The Labute approximate surface area is 399 Å². The number of fused-ring (bicyclic) bond motifs is 1. The van der Waals surface area contributed by atoms with Gasteiger partial charge in [0.15, 0.2) is 6.61 Å². The molecule has 3 heterocycles. The number of para-hydroxylation sites is 2. The Morgan fingerprint density at radius 2 is 1.78 bits per heavy atom. The maximum absolute atomic E-state index is 13.9. The van der Waals surface area contributed by atoms with E-state index in [2.05, 4.69) is 20.6 Å². The number of piperazine rings is 1. The molecule has 68 heavy (non-hydrogen) atoms. The first-order chi connectivity index (χ1) is 33.2. The first-order valence-corrected chi connectivity index (χ1v) is 24.2. The van der Waals surface area contributed by atoms with Gasteiger partial charge in [-0.15, -0.1) is 0 Å². The van der Waals surface area contributed by atoms with Crippen LogP contribution >= 0.6 is 0 Å². The lowest BCUT2D eigenvalue weighted by molar-refractivity contribution is -0.155. The number of nitrogens with zero attached hydrogens (tertiary/aromatic N) is 5. The molecule has 2 saturated heterocycles. The van der Waals surface area contributed by atoms with Crippen LogP contribution in [0.25, 0.3) is 0 Å². The molecule has 0 bridgehead atoms. The summed E-state index contributed by atoms with van der Waals surface area (Å²) in [5.74, 6) is 1.38. The second-order valence-electron chi connectivity index (χ2n) is 18.5. The molecule has 3 aromatic carbocycles. The molecule has 3 aliphatic carbocycles. The topological polar surface area (TPSA) is 156 Å². The van der Waals surface area contributed by atoms with Gasteiger partial charge in [-0.2, -0.15) is 5.48 Å². The number of rotatable bonds is 20. The number of ether oxygens (including phenoxy) is 5. The number of aryl methyl sites for hydroxylation is 1. The summed E-state index contributed by atoms with van der Waals surface area (Å²) in [4.78, 5) is 59.2. The summed E-state index contributed by atoms with van der Waals surface area (Å²) in [6.45, 7) is 9.51. The standard InChI is InChI=1S/C52H65N7O9/c1-4-65-45-14-8-7-13-43(45)59-48(54-41-12-6-5-11-40(41)50(59)61)33-56-23-25-57(26-24-56)49(60)34-66-38-19-17-37(18-20-38)32-53-67-28-10-27-64-35-58-46-15-9-22-52(46)31-39(30-47(52)58)68-51(62)55-42-29-36(2)16-21-44(42)63-3/h5-8,11-14,16-21,29,39-40,46-48,53H,4,9-10,15,22-28,30-35H2,1-3H3,(H,55,62). The zero-order valence-electron chi connectivity index (χ0n) is 39.5. The summed E-state index contributed by atoms with van der Waals surface area (Å²) in [5.41, 5.74) is 7.41. The van der Waals surface area contributed by atoms with Crippen molar-refractivity contribution in [1.82, 2.24) is 20.2 Å². The Bertz CT molecular complexity index is 2350. The first kappa shape index (κ1) is 47.3. The number of hydrogen-bond donors (Lipinski definition) is 2. The van der Waals surface area contributed by atoms with Crippen molar-refractivity contribution in [3.8, 4) is 17.2 Å². The van der Waals surface area contributed by atoms with E-state index in [1.807, 2.05) is 110 Å². The Morgan fingerprint density at radius 3 is 2.60 bits per heavy atom. The number of hydrogen-bond acceptors (Lipinski definition) is 13. The number of carbonyl (C=O) groups excluding carboxylic acids is 3. The van der Waals surface area contributed by atoms with Crippen molar-refractivity contribution in [2.24, 2.45) is 16.3 Å². The normalized spacial score (nSPS) is 25.2. The fourth-order valence-corrected chi connectivity index (χ4v) is 11.1. The SMILES string of the molecule is CCOc1ccccc1N1C(=O)C2C=CC=CC2=NC1CN1CCN(C(=O)COc2ccc(CNOCCCOCN3C4CCCC45CC(OC(=O)Nc4cc(C)ccc4OC)CC35)cc2)CC1. The average molecular weight is 932 g/mol. The molecule has 16 heteroatoms. The number of nitrogens with one attached hydrogen (secondary N) is 2. The van der Waals surface area contributed by atoms with Crippen molar-refractivity contribution in [1.29, 1.82) is 0 Å². The number of aliphatic imine (C=N–C) groups is 1. The number of anilines is 2. The van der Waals surface area contributed by atoms with Gasteiger partial charge in [-0.25, -0.2) is 4.79 Å². The molecule has 2 saturated carbocycles. The molecule has 16 nitrogen and oxygen atoms in total. The molecule has 3 amide bonds. The van der Waals surface area contributed by atoms with Crippen molar-refractivity contribution in [3.63, 3.8) is 0 Å². The largest absolute Gasteiger partial charge is 0.495 e. The molecule has 0 radical (unpaired) electrons. The average Bonchev–Trinajstić information content (AvgIpc) is 3.86. The molecule has 0 aromatic heterocycles. The summed E-state index contributed by atoms with van der Waals surface area (Å²) >= 11 is 0. The fraction of sp³-hybridized carbons (Fsp3) is 0.500. The second kappa shape index (κ2) is 21.7. The van der Waals surface area contributed by atoms with Gasteiger partial charge in [0.25, 0.3) is 5.91 Å². The Balaban J connectivity index is 0.644. The van der Waals surface area contributed by atoms with Crippen LogP contribution in [0.3, 0.4) is 0 Å². The van der Waals surface area contributed by atoms with Gasteiger partial charge < -0.3 is 33.4 Å². The van der Waals surface area contributed by atoms with Gasteiger partial charge in [-0.1, -0.05) is 55.0 Å². The maximum atomic E-state index is 13.9. The maximum Gasteiger partial charge on any atom is 0.412 e. The van der Waals surface area contributed by atoms with Crippen molar-refractivity contribution in [3.05, 3.63) is 102 Å². The summed E-state index contributed by atoms with van der Waals surface area (Å²) in [6, 6.07) is 21.8. The molecular formula is C52H65N7O9. The minimum atomic E-state index is -0.439. The molecule has 2 N–H and O–H groups in total. The van der Waals surface area contributed by atoms with E-state index >= 15 is 0 Å². The monoisotopic (exact) mass is 931 g/mol. The molecular weight excluding hydrogens is 867 g/mol. The predicted molar refractivity (Wildman–Crippen MR) is 258 cm³/mol. The third-order valence-corrected chi connectivity index (χ3v) is 14.3. The van der Waals surface area contributed by atoms with Crippen LogP contribution in [-0.2, 0) is 30.4 Å². The van der Waals surface area contributed by atoms with Gasteiger partial charge in [0.2, 0.25) is 5.91 Å². The van der Waals surface area contributed by atoms with E-state index in [1.54, 1.807) is 12.0 Å². The zero-order valence-corrected chi connectivity index (χ0v) is 39.5. The first-order valence-electron chi connectivity index (χ1n) is 24.2. The highest BCUT2D eigenvalue weighted by atomic mass is 16.6. The lowest BCUT2D eigenvalue weighted by atomic mass is 9.68. The van der Waals surface area contributed by atoms with E-state index < -0.39 is 18.2 Å². The fourth-order valence-electron chi connectivity index (χ4n) is 11.1. The summed E-state index contributed by atoms with van der Waals surface area (Å²) in [6.07, 6.45) is 12.6. The van der Waals surface area contributed by atoms with Gasteiger partial charge in [0.1, 0.15) is 29.5 Å². The summed E-state index contributed by atoms with van der Waals surface area (Å²) < 4.78 is 29.3. The van der Waals surface area contributed by atoms with Crippen LogP contribution in [0, 0.1) is 18.3 Å². The molecule has 1 spiro atoms. The molecule has 6 aliphatic rings. The number of benzene rings is 3. The van der Waals surface area contributed by atoms with E-state index in [9.17, 15) is 14.4 Å². The van der Waals surface area contributed by atoms with Crippen LogP contribution in [0.1, 0.15) is 56.6 Å². The third-order valence-electron chi connectivity index (χ3n) is 14.3. The Morgan fingerprint density at radius 1 is 0.941 bits per heavy atom. The summed E-state index contributed by atoms with van der Waals surface area (Å²) in [5, 5.41) is 2.89. The quantitative estimate of drug-likeness (QED) is 0.0939. The molecule has 3 aliphatic heterocycles. The van der Waals surface area contributed by atoms with E-state index in [0.29, 0.717) is 107 Å². The van der Waals surface area contributed by atoms with Crippen LogP contribution in [0.4, 0.5) is 16.2 Å². The molecule has 4 fully saturated rings. The van der Waals surface area contributed by atoms with Crippen molar-refractivity contribution in [2.75, 3.05) is 83.2 Å². The highest BCUT2D eigenvalue weighted by molar-refractivity contribution is 6.18. The van der Waals surface area contributed by atoms with Crippen LogP contribution in [0.5, 0.6) is 17.2 Å². The Hall–Kier alpha value is -5.78. The smallest absolute Gasteiger partial charge is 0.412 e. The van der Waals surface area contributed by atoms with Gasteiger partial charge in [0, 0.05) is 63.2 Å². The van der Waals surface area contributed by atoms with Crippen molar-refractivity contribution < 1.29 is 42.9 Å². The molecule has 362 valence electrons. The van der Waals surface area contributed by atoms with Crippen molar-refractivity contribution >= 4 is 35.0 Å². The van der Waals surface area contributed by atoms with Gasteiger partial charge in [0.05, 0.1) is 56.7 Å². The van der Waals surface area contributed by atoms with E-state index in [4.69, 9.17) is 33.5 Å². The second-order valence-corrected chi connectivity index (χ2v) is 18.5. The number of methoxy groups -OCH3 is 1. The number of likely N-dealkylation sites (tertiary alicyclic amines) is 1. The van der Waals surface area contributed by atoms with Crippen LogP contribution in [-0.4, -0.2) is 136 Å². The zero-order chi connectivity index (χ0) is 47.0. The molecule has 9 rings (SSSR count). The third kappa shape index (κ3) is 10.4. The van der Waals surface area contributed by atoms with E-state index in [0.717, 1.165) is 42.5 Å². The van der Waals surface area contributed by atoms with Gasteiger partial charge >= 0.3 is 6.09 Å². The lowest BCUT2D eigenvalue weighted by Gasteiger charge is -2.58. The minimum Gasteiger partial charge on any atom is -0.495 e. The number of carbonyl (C=O) groups is 3. The molecule has 3 aromatic rings. The predicted octanol–water partition coefficient (Wildman–Crippen LogP) is 6.50. The minimum absolute atomic E-state index is 0.0232. The highest BCUT2D eigenvalue weighted by Crippen LogP contribution is 2.62.